The molecule has 0 spiro atoms. The molecule has 0 radical (unpaired) electrons. The van der Waals surface area contributed by atoms with Crippen molar-refractivity contribution in [3.63, 3.8) is 0 Å². The van der Waals surface area contributed by atoms with Crippen LogP contribution in [0.1, 0.15) is 66.1 Å². The van der Waals surface area contributed by atoms with Crippen LogP contribution in [0.4, 0.5) is 18.9 Å². The number of hydrogen-bond acceptors (Lipinski definition) is 4. The van der Waals surface area contributed by atoms with Crippen LogP contribution in [0.2, 0.25) is 5.02 Å². The first-order valence-electron chi connectivity index (χ1n) is 13.9. The molecule has 1 aliphatic heterocycles. The van der Waals surface area contributed by atoms with Gasteiger partial charge in [-0.1, -0.05) is 35.9 Å². The number of rotatable bonds is 6. The average molecular weight is 603 g/mol. The van der Waals surface area contributed by atoms with E-state index in [-0.39, 0.29) is 34.4 Å². The molecule has 5 rings (SSSR count). The SMILES string of the molecule is O=C(Nc1ccc(C2CCN(C(=O)[C@H]3CC[C@H](C(=O)O)CC3)CC2)cc1)c1cn(-c2ccccc2Cl)nc1C(F)(F)F. The number of carbonyl (C=O) groups excluding carboxylic acids is 2. The topological polar surface area (TPSA) is 105 Å². The summed E-state index contributed by atoms with van der Waals surface area (Å²) < 4.78 is 42.1. The lowest BCUT2D eigenvalue weighted by Gasteiger charge is -2.36. The lowest BCUT2D eigenvalue weighted by Crippen LogP contribution is -2.42. The highest BCUT2D eigenvalue weighted by Crippen LogP contribution is 2.35. The van der Waals surface area contributed by atoms with Crippen LogP contribution in [-0.4, -0.2) is 50.7 Å². The molecule has 2 aromatic carbocycles. The minimum absolute atomic E-state index is 0.103. The van der Waals surface area contributed by atoms with E-state index in [0.29, 0.717) is 44.5 Å². The van der Waals surface area contributed by atoms with Gasteiger partial charge < -0.3 is 15.3 Å². The number of para-hydroxylation sites is 1. The van der Waals surface area contributed by atoms with Gasteiger partial charge in [0.15, 0.2) is 5.69 Å². The van der Waals surface area contributed by atoms with E-state index in [9.17, 15) is 32.7 Å². The number of carbonyl (C=O) groups is 3. The summed E-state index contributed by atoms with van der Waals surface area (Å²) in [4.78, 5) is 39.0. The number of anilines is 1. The van der Waals surface area contributed by atoms with E-state index in [1.807, 2.05) is 17.0 Å². The third-order valence-corrected chi connectivity index (χ3v) is 8.52. The molecular formula is C30H30ClF3N4O4. The molecule has 0 unspecified atom stereocenters. The van der Waals surface area contributed by atoms with Gasteiger partial charge in [-0.2, -0.15) is 18.3 Å². The quantitative estimate of drug-likeness (QED) is 0.340. The van der Waals surface area contributed by atoms with Crippen molar-refractivity contribution in [3.05, 3.63) is 76.6 Å². The molecule has 0 bridgehead atoms. The van der Waals surface area contributed by atoms with Gasteiger partial charge >= 0.3 is 12.1 Å². The first kappa shape index (κ1) is 29.6. The van der Waals surface area contributed by atoms with Crippen LogP contribution in [0.3, 0.4) is 0 Å². The van der Waals surface area contributed by atoms with Gasteiger partial charge in [0.2, 0.25) is 5.91 Å². The molecule has 12 heteroatoms. The number of nitrogens with one attached hydrogen (secondary N) is 1. The number of likely N-dealkylation sites (tertiary alicyclic amines) is 1. The lowest BCUT2D eigenvalue weighted by molar-refractivity contribution is -0.146. The van der Waals surface area contributed by atoms with Gasteiger partial charge in [-0.15, -0.1) is 0 Å². The zero-order valence-corrected chi connectivity index (χ0v) is 23.4. The number of carboxylic acids is 1. The highest BCUT2D eigenvalue weighted by atomic mass is 35.5. The number of halogens is 4. The minimum atomic E-state index is -4.85. The van der Waals surface area contributed by atoms with Crippen molar-refractivity contribution in [2.24, 2.45) is 11.8 Å². The maximum Gasteiger partial charge on any atom is 0.435 e. The van der Waals surface area contributed by atoms with Gasteiger partial charge in [-0.05, 0) is 74.3 Å². The first-order chi connectivity index (χ1) is 20.0. The van der Waals surface area contributed by atoms with Gasteiger partial charge in [-0.25, -0.2) is 4.68 Å². The Morgan fingerprint density at radius 2 is 1.52 bits per heavy atom. The number of piperidine rings is 1. The molecule has 8 nitrogen and oxygen atoms in total. The molecule has 1 saturated carbocycles. The Hall–Kier alpha value is -3.86. The van der Waals surface area contributed by atoms with E-state index >= 15 is 0 Å². The molecule has 2 fully saturated rings. The summed E-state index contributed by atoms with van der Waals surface area (Å²) in [5.41, 5.74) is -0.365. The Morgan fingerprint density at radius 3 is 2.12 bits per heavy atom. The highest BCUT2D eigenvalue weighted by molar-refractivity contribution is 6.32. The fourth-order valence-electron chi connectivity index (χ4n) is 5.83. The van der Waals surface area contributed by atoms with Crippen molar-refractivity contribution in [3.8, 4) is 5.69 Å². The number of nitrogens with zero attached hydrogens (tertiary/aromatic N) is 3. The maximum absolute atomic E-state index is 13.7. The average Bonchev–Trinajstić information content (AvgIpc) is 3.44. The number of aliphatic carboxylic acids is 1. The van der Waals surface area contributed by atoms with Gasteiger partial charge in [0.05, 0.1) is 22.2 Å². The number of hydrogen-bond donors (Lipinski definition) is 2. The zero-order valence-electron chi connectivity index (χ0n) is 22.6. The van der Waals surface area contributed by atoms with Crippen LogP contribution < -0.4 is 5.32 Å². The summed E-state index contributed by atoms with van der Waals surface area (Å²) >= 11 is 6.12. The second kappa shape index (κ2) is 12.2. The summed E-state index contributed by atoms with van der Waals surface area (Å²) in [5.74, 6) is -1.90. The van der Waals surface area contributed by atoms with Gasteiger partial charge in [0.25, 0.3) is 5.91 Å². The summed E-state index contributed by atoms with van der Waals surface area (Å²) in [6.45, 7) is 1.22. The van der Waals surface area contributed by atoms with E-state index < -0.39 is 29.3 Å². The molecule has 2 heterocycles. The van der Waals surface area contributed by atoms with Gasteiger partial charge in [-0.3, -0.25) is 14.4 Å². The van der Waals surface area contributed by atoms with Crippen molar-refractivity contribution in [1.82, 2.24) is 14.7 Å². The number of carboxylic acid groups (broad SMARTS) is 1. The Balaban J connectivity index is 1.20. The highest BCUT2D eigenvalue weighted by Gasteiger charge is 2.40. The lowest BCUT2D eigenvalue weighted by atomic mass is 9.81. The Kier molecular flexibility index (Phi) is 8.58. The molecule has 2 N–H and O–H groups in total. The minimum Gasteiger partial charge on any atom is -0.481 e. The van der Waals surface area contributed by atoms with Crippen molar-refractivity contribution in [2.75, 3.05) is 18.4 Å². The third-order valence-electron chi connectivity index (χ3n) is 8.20. The molecule has 3 aromatic rings. The van der Waals surface area contributed by atoms with Crippen LogP contribution in [0, 0.1) is 11.8 Å². The molecular weight excluding hydrogens is 573 g/mol. The predicted octanol–water partition coefficient (Wildman–Crippen LogP) is 6.39. The van der Waals surface area contributed by atoms with E-state index in [1.54, 1.807) is 24.3 Å². The van der Waals surface area contributed by atoms with Crippen LogP contribution in [0.15, 0.2) is 54.7 Å². The first-order valence-corrected chi connectivity index (χ1v) is 14.2. The number of benzene rings is 2. The number of alkyl halides is 3. The molecule has 222 valence electrons. The predicted molar refractivity (Wildman–Crippen MR) is 150 cm³/mol. The fourth-order valence-corrected chi connectivity index (χ4v) is 6.05. The van der Waals surface area contributed by atoms with Gasteiger partial charge in [0, 0.05) is 30.9 Å². The summed E-state index contributed by atoms with van der Waals surface area (Å²) in [6, 6.07) is 13.2. The van der Waals surface area contributed by atoms with E-state index in [4.69, 9.17) is 11.6 Å². The second-order valence-corrected chi connectivity index (χ2v) is 11.3. The maximum atomic E-state index is 13.7. The summed E-state index contributed by atoms with van der Waals surface area (Å²) in [5, 5.41) is 15.5. The smallest absolute Gasteiger partial charge is 0.435 e. The molecule has 2 amide bonds. The third kappa shape index (κ3) is 6.46. The molecule has 1 saturated heterocycles. The van der Waals surface area contributed by atoms with Crippen LogP contribution in [-0.2, 0) is 15.8 Å². The van der Waals surface area contributed by atoms with Crippen molar-refractivity contribution >= 4 is 35.1 Å². The largest absolute Gasteiger partial charge is 0.481 e. The Morgan fingerprint density at radius 1 is 0.905 bits per heavy atom. The molecule has 2 aliphatic rings. The summed E-state index contributed by atoms with van der Waals surface area (Å²) in [6.07, 6.45) is -0.0328. The Bertz CT molecular complexity index is 1460. The van der Waals surface area contributed by atoms with Crippen LogP contribution >= 0.6 is 11.6 Å². The molecule has 0 atom stereocenters. The van der Waals surface area contributed by atoms with Crippen molar-refractivity contribution in [1.29, 1.82) is 0 Å². The van der Waals surface area contributed by atoms with Crippen LogP contribution in [0.5, 0.6) is 0 Å². The number of amides is 2. The zero-order chi connectivity index (χ0) is 30.0. The van der Waals surface area contributed by atoms with E-state index in [0.717, 1.165) is 29.3 Å². The second-order valence-electron chi connectivity index (χ2n) is 10.8. The van der Waals surface area contributed by atoms with Crippen LogP contribution in [0.25, 0.3) is 5.69 Å². The van der Waals surface area contributed by atoms with Crippen molar-refractivity contribution in [2.45, 2.75) is 50.6 Å². The number of aromatic nitrogens is 2. The molecule has 1 aromatic heterocycles. The molecule has 42 heavy (non-hydrogen) atoms. The Labute approximate surface area is 245 Å². The van der Waals surface area contributed by atoms with E-state index in [1.165, 1.54) is 12.1 Å². The van der Waals surface area contributed by atoms with Crippen molar-refractivity contribution < 1.29 is 32.7 Å². The monoisotopic (exact) mass is 602 g/mol. The standard InChI is InChI=1S/C30H30ClF3N4O4/c31-24-3-1-2-4-25(24)38-17-23(26(36-38)30(32,33)34)27(39)35-22-11-9-18(10-12-22)19-13-15-37(16-14-19)28(40)20-5-7-21(8-6-20)29(41)42/h1-4,9-12,17,19-21H,5-8,13-16H2,(H,35,39)(H,41,42)/t20-,21-. The normalized spacial score (nSPS) is 19.9. The summed E-state index contributed by atoms with van der Waals surface area (Å²) in [7, 11) is 0. The molecule has 1 aliphatic carbocycles. The fraction of sp³-hybridized carbons (Fsp3) is 0.400. The van der Waals surface area contributed by atoms with E-state index in [2.05, 4.69) is 10.4 Å². The van der Waals surface area contributed by atoms with Gasteiger partial charge in [0.1, 0.15) is 0 Å².